The molecule has 0 atom stereocenters. The number of carbonyl (C=O) groups is 1. The molecule has 2 aliphatic rings. The fraction of sp³-hybridized carbons (Fsp3) is 0.517. The van der Waals surface area contributed by atoms with Gasteiger partial charge in [-0.3, -0.25) is 14.7 Å². The molecule has 4 heterocycles. The van der Waals surface area contributed by atoms with Gasteiger partial charge in [0.2, 0.25) is 0 Å². The molecule has 2 fully saturated rings. The third kappa shape index (κ3) is 6.31. The molecule has 1 aliphatic heterocycles. The Morgan fingerprint density at radius 3 is 2.41 bits per heavy atom. The highest BCUT2D eigenvalue weighted by atomic mass is 35.5. The van der Waals surface area contributed by atoms with Gasteiger partial charge < -0.3 is 10.1 Å². The van der Waals surface area contributed by atoms with Crippen molar-refractivity contribution in [1.29, 1.82) is 0 Å². The Morgan fingerprint density at radius 2 is 1.77 bits per heavy atom. The van der Waals surface area contributed by atoms with Crippen LogP contribution < -0.4 is 5.32 Å². The SMILES string of the molecule is Cc1cc(NC(=O)c2cnn(-c3ncc(C(C)C)cc3F)c2C)cnc1C1CCC(N2CCOCC2)CC1.Cl. The van der Waals surface area contributed by atoms with Crippen molar-refractivity contribution in [2.45, 2.75) is 71.3 Å². The molecule has 1 aliphatic carbocycles. The van der Waals surface area contributed by atoms with Gasteiger partial charge in [0.15, 0.2) is 11.6 Å². The number of rotatable bonds is 6. The first-order valence-corrected chi connectivity index (χ1v) is 13.6. The number of nitrogens with zero attached hydrogens (tertiary/aromatic N) is 5. The van der Waals surface area contributed by atoms with Gasteiger partial charge in [-0.2, -0.15) is 5.10 Å². The van der Waals surface area contributed by atoms with E-state index < -0.39 is 5.82 Å². The van der Waals surface area contributed by atoms with Crippen molar-refractivity contribution >= 4 is 24.0 Å². The lowest BCUT2D eigenvalue weighted by Gasteiger charge is -2.38. The minimum atomic E-state index is -0.469. The lowest BCUT2D eigenvalue weighted by Crippen LogP contribution is -2.44. The predicted octanol–water partition coefficient (Wildman–Crippen LogP) is 5.57. The Morgan fingerprint density at radius 1 is 1.05 bits per heavy atom. The van der Waals surface area contributed by atoms with E-state index in [4.69, 9.17) is 9.72 Å². The largest absolute Gasteiger partial charge is 0.379 e. The van der Waals surface area contributed by atoms with Crippen LogP contribution in [0.1, 0.15) is 84.2 Å². The Hall–Kier alpha value is -2.88. The lowest BCUT2D eigenvalue weighted by atomic mass is 9.82. The topological polar surface area (TPSA) is 85.2 Å². The fourth-order valence-corrected chi connectivity index (χ4v) is 5.70. The molecule has 0 aromatic carbocycles. The molecule has 0 unspecified atom stereocenters. The molecule has 0 radical (unpaired) electrons. The molecule has 1 saturated carbocycles. The predicted molar refractivity (Wildman–Crippen MR) is 152 cm³/mol. The maximum absolute atomic E-state index is 14.7. The van der Waals surface area contributed by atoms with Gasteiger partial charge in [-0.05, 0) is 68.7 Å². The summed E-state index contributed by atoms with van der Waals surface area (Å²) >= 11 is 0. The first-order valence-electron chi connectivity index (χ1n) is 13.6. The van der Waals surface area contributed by atoms with E-state index in [1.165, 1.54) is 29.8 Å². The lowest BCUT2D eigenvalue weighted by molar-refractivity contribution is 0.00720. The highest BCUT2D eigenvalue weighted by Gasteiger charge is 2.29. The van der Waals surface area contributed by atoms with Crippen molar-refractivity contribution in [3.8, 4) is 5.82 Å². The normalized spacial score (nSPS) is 20.1. The van der Waals surface area contributed by atoms with Crippen molar-refractivity contribution in [1.82, 2.24) is 24.6 Å². The smallest absolute Gasteiger partial charge is 0.259 e. The maximum atomic E-state index is 14.7. The third-order valence-corrected chi connectivity index (χ3v) is 7.99. The zero-order chi connectivity index (χ0) is 26.8. The summed E-state index contributed by atoms with van der Waals surface area (Å²) < 4.78 is 21.6. The number of anilines is 1. The zero-order valence-corrected chi connectivity index (χ0v) is 23.9. The van der Waals surface area contributed by atoms with Crippen LogP contribution in [0.3, 0.4) is 0 Å². The van der Waals surface area contributed by atoms with E-state index in [1.807, 2.05) is 19.9 Å². The molecule has 1 amide bonds. The molecule has 8 nitrogen and oxygen atoms in total. The monoisotopic (exact) mass is 556 g/mol. The summed E-state index contributed by atoms with van der Waals surface area (Å²) in [5, 5.41) is 7.18. The second-order valence-electron chi connectivity index (χ2n) is 10.8. The first kappa shape index (κ1) is 29.1. The van der Waals surface area contributed by atoms with Crippen molar-refractivity contribution in [3.05, 3.63) is 64.6 Å². The van der Waals surface area contributed by atoms with Crippen LogP contribution in [0.25, 0.3) is 5.82 Å². The number of nitrogens with one attached hydrogen (secondary N) is 1. The Bertz CT molecular complexity index is 1300. The van der Waals surface area contributed by atoms with E-state index >= 15 is 0 Å². The second-order valence-corrected chi connectivity index (χ2v) is 10.8. The molecule has 210 valence electrons. The maximum Gasteiger partial charge on any atom is 0.259 e. The first-order chi connectivity index (χ1) is 18.3. The van der Waals surface area contributed by atoms with Gasteiger partial charge in [0.1, 0.15) is 0 Å². The standard InChI is InChI=1S/C29H37FN6O2.ClH/c1-18(2)22-14-26(30)28(32-15-22)36-20(4)25(17-33-36)29(37)34-23-13-19(3)27(31-16-23)21-5-7-24(8-6-21)35-9-11-38-12-10-35;/h13-18,21,24H,5-12H2,1-4H3,(H,34,37);1H. The number of aryl methyl sites for hydroxylation is 1. The van der Waals surface area contributed by atoms with Crippen LogP contribution in [-0.4, -0.2) is 62.9 Å². The van der Waals surface area contributed by atoms with Crippen LogP contribution in [-0.2, 0) is 4.74 Å². The van der Waals surface area contributed by atoms with E-state index in [9.17, 15) is 9.18 Å². The number of aromatic nitrogens is 4. The summed E-state index contributed by atoms with van der Waals surface area (Å²) in [5.41, 5.74) is 4.54. The van der Waals surface area contributed by atoms with Gasteiger partial charge in [-0.1, -0.05) is 13.8 Å². The molecule has 10 heteroatoms. The second kappa shape index (κ2) is 12.5. The minimum absolute atomic E-state index is 0. The van der Waals surface area contributed by atoms with Crippen LogP contribution in [0.15, 0.2) is 30.7 Å². The van der Waals surface area contributed by atoms with E-state index in [-0.39, 0.29) is 30.0 Å². The van der Waals surface area contributed by atoms with Crippen LogP contribution in [0, 0.1) is 19.7 Å². The van der Waals surface area contributed by atoms with Gasteiger partial charge in [-0.15, -0.1) is 12.4 Å². The summed E-state index contributed by atoms with van der Waals surface area (Å²) in [4.78, 5) is 24.7. The molecule has 3 aromatic rings. The van der Waals surface area contributed by atoms with Gasteiger partial charge in [0.05, 0.1) is 42.6 Å². The van der Waals surface area contributed by atoms with E-state index in [0.717, 1.165) is 56.0 Å². The van der Waals surface area contributed by atoms with Crippen LogP contribution >= 0.6 is 12.4 Å². The van der Waals surface area contributed by atoms with Gasteiger partial charge >= 0.3 is 0 Å². The van der Waals surface area contributed by atoms with Gasteiger partial charge in [-0.25, -0.2) is 14.1 Å². The van der Waals surface area contributed by atoms with Gasteiger partial charge in [0.25, 0.3) is 5.91 Å². The highest BCUT2D eigenvalue weighted by Crippen LogP contribution is 2.36. The highest BCUT2D eigenvalue weighted by molar-refractivity contribution is 6.04. The van der Waals surface area contributed by atoms with Gasteiger partial charge in [0, 0.05) is 36.9 Å². The number of pyridine rings is 2. The fourth-order valence-electron chi connectivity index (χ4n) is 5.70. The molecule has 0 bridgehead atoms. The number of morpholine rings is 1. The number of hydrogen-bond donors (Lipinski definition) is 1. The minimum Gasteiger partial charge on any atom is -0.379 e. The molecule has 1 N–H and O–H groups in total. The molecule has 3 aromatic heterocycles. The average molecular weight is 557 g/mol. The van der Waals surface area contributed by atoms with Crippen molar-refractivity contribution in [2.24, 2.45) is 0 Å². The van der Waals surface area contributed by atoms with Crippen LogP contribution in [0.2, 0.25) is 0 Å². The number of carbonyl (C=O) groups excluding carboxylic acids is 1. The van der Waals surface area contributed by atoms with Crippen molar-refractivity contribution in [3.63, 3.8) is 0 Å². The molecule has 0 spiro atoms. The number of hydrogen-bond acceptors (Lipinski definition) is 6. The molecule has 1 saturated heterocycles. The number of halogens is 2. The van der Waals surface area contributed by atoms with Crippen LogP contribution in [0.5, 0.6) is 0 Å². The van der Waals surface area contributed by atoms with Crippen LogP contribution in [0.4, 0.5) is 10.1 Å². The summed E-state index contributed by atoms with van der Waals surface area (Å²) in [6.07, 6.45) is 9.45. The van der Waals surface area contributed by atoms with E-state index in [0.29, 0.717) is 28.9 Å². The summed E-state index contributed by atoms with van der Waals surface area (Å²) in [6, 6.07) is 4.11. The Labute approximate surface area is 235 Å². The van der Waals surface area contributed by atoms with E-state index in [1.54, 1.807) is 19.3 Å². The Balaban J connectivity index is 0.00000353. The van der Waals surface area contributed by atoms with E-state index in [2.05, 4.69) is 27.2 Å². The summed E-state index contributed by atoms with van der Waals surface area (Å²) in [6.45, 7) is 11.5. The molecular formula is C29H38ClFN6O2. The summed E-state index contributed by atoms with van der Waals surface area (Å²) in [7, 11) is 0. The number of amides is 1. The quantitative estimate of drug-likeness (QED) is 0.427. The third-order valence-electron chi connectivity index (χ3n) is 7.99. The average Bonchev–Trinajstić information content (AvgIpc) is 3.30. The molecule has 5 rings (SSSR count). The number of ether oxygens (including phenoxy) is 1. The molecule has 39 heavy (non-hydrogen) atoms. The summed E-state index contributed by atoms with van der Waals surface area (Å²) in [5.74, 6) is -0.0884. The zero-order valence-electron chi connectivity index (χ0n) is 23.1. The van der Waals surface area contributed by atoms with Crippen molar-refractivity contribution in [2.75, 3.05) is 31.6 Å². The Kier molecular flexibility index (Phi) is 9.35. The molecular weight excluding hydrogens is 519 g/mol. The van der Waals surface area contributed by atoms with Crippen molar-refractivity contribution < 1.29 is 13.9 Å².